The van der Waals surface area contributed by atoms with Crippen LogP contribution in [0.15, 0.2) is 53.4 Å². The van der Waals surface area contributed by atoms with Gasteiger partial charge in [-0.3, -0.25) is 0 Å². The lowest BCUT2D eigenvalue weighted by Crippen LogP contribution is -2.13. The van der Waals surface area contributed by atoms with E-state index in [-0.39, 0.29) is 5.69 Å². The molecule has 0 atom stereocenters. The number of rotatable bonds is 3. The van der Waals surface area contributed by atoms with Crippen molar-refractivity contribution in [2.24, 2.45) is 0 Å². The average Bonchev–Trinajstić information content (AvgIpc) is 3.25. The minimum absolute atomic E-state index is 0.0953. The minimum Gasteiger partial charge on any atom is -0.234 e. The summed E-state index contributed by atoms with van der Waals surface area (Å²) in [7, 11) is 0. The number of thiazole rings is 1. The summed E-state index contributed by atoms with van der Waals surface area (Å²) in [5.41, 5.74) is 0.0278. The lowest BCUT2D eigenvalue weighted by Gasteiger charge is -2.10. The van der Waals surface area contributed by atoms with Crippen molar-refractivity contribution in [3.63, 3.8) is 0 Å². The summed E-state index contributed by atoms with van der Waals surface area (Å²) in [5, 5.41) is 4.44. The van der Waals surface area contributed by atoms with Crippen LogP contribution in [0.1, 0.15) is 5.69 Å². The Labute approximate surface area is 159 Å². The van der Waals surface area contributed by atoms with Gasteiger partial charge in [0.15, 0.2) is 0 Å². The number of nitrogens with zero attached hydrogens (tertiary/aromatic N) is 3. The first-order valence-electron chi connectivity index (χ1n) is 7.73. The van der Waals surface area contributed by atoms with Gasteiger partial charge in [0.1, 0.15) is 22.2 Å². The Morgan fingerprint density at radius 3 is 2.44 bits per heavy atom. The first-order valence-corrected chi connectivity index (χ1v) is 9.77. The van der Waals surface area contributed by atoms with E-state index in [2.05, 4.69) is 10.1 Å². The number of aromatic nitrogens is 3. The monoisotopic (exact) mass is 409 g/mol. The molecule has 0 amide bonds. The topological polar surface area (TPSA) is 30.7 Å². The Balaban J connectivity index is 1.85. The van der Waals surface area contributed by atoms with Crippen LogP contribution < -0.4 is 0 Å². The fourth-order valence-electron chi connectivity index (χ4n) is 2.62. The second kappa shape index (κ2) is 6.65. The Hall–Kier alpha value is -2.39. The van der Waals surface area contributed by atoms with Gasteiger partial charge in [-0.2, -0.15) is 18.3 Å². The molecular weight excluding hydrogens is 398 g/mol. The molecule has 0 saturated heterocycles. The van der Waals surface area contributed by atoms with Gasteiger partial charge in [0.2, 0.25) is 0 Å². The van der Waals surface area contributed by atoms with Crippen molar-refractivity contribution < 1.29 is 17.6 Å². The number of halogens is 4. The van der Waals surface area contributed by atoms with E-state index in [1.54, 1.807) is 24.3 Å². The van der Waals surface area contributed by atoms with Crippen LogP contribution in [0, 0.1) is 5.82 Å². The minimum atomic E-state index is -4.58. The lowest BCUT2D eigenvalue weighted by atomic mass is 10.3. The maximum Gasteiger partial charge on any atom is 0.433 e. The molecule has 0 N–H and O–H groups in total. The van der Waals surface area contributed by atoms with Crippen molar-refractivity contribution in [2.75, 3.05) is 6.26 Å². The van der Waals surface area contributed by atoms with E-state index in [1.807, 2.05) is 6.26 Å². The lowest BCUT2D eigenvalue weighted by molar-refractivity contribution is -0.142. The molecule has 0 unspecified atom stereocenters. The predicted octanol–water partition coefficient (Wildman–Crippen LogP) is 6.03. The molecule has 0 aliphatic rings. The molecule has 4 aromatic rings. The molecule has 0 aliphatic carbocycles. The maximum absolute atomic E-state index is 13.5. The molecule has 0 aliphatic heterocycles. The summed E-state index contributed by atoms with van der Waals surface area (Å²) >= 11 is 2.60. The fraction of sp³-hybridized carbons (Fsp3) is 0.111. The summed E-state index contributed by atoms with van der Waals surface area (Å²) in [6, 6.07) is 11.7. The quantitative estimate of drug-likeness (QED) is 0.306. The molecule has 9 heteroatoms. The van der Waals surface area contributed by atoms with Crippen molar-refractivity contribution in [3.8, 4) is 16.4 Å². The number of hydrogen-bond donors (Lipinski definition) is 0. The van der Waals surface area contributed by atoms with E-state index >= 15 is 0 Å². The highest BCUT2D eigenvalue weighted by molar-refractivity contribution is 7.98. The van der Waals surface area contributed by atoms with E-state index in [1.165, 1.54) is 30.0 Å². The van der Waals surface area contributed by atoms with Gasteiger partial charge in [-0.15, -0.1) is 23.1 Å². The zero-order valence-electron chi connectivity index (χ0n) is 13.8. The van der Waals surface area contributed by atoms with E-state index in [4.69, 9.17) is 0 Å². The number of alkyl halides is 3. The number of thioether (sulfide) groups is 1. The van der Waals surface area contributed by atoms with Crippen molar-refractivity contribution in [1.29, 1.82) is 0 Å². The third-order valence-electron chi connectivity index (χ3n) is 3.89. The highest BCUT2D eigenvalue weighted by Gasteiger charge is 2.36. The molecule has 138 valence electrons. The predicted molar refractivity (Wildman–Crippen MR) is 98.9 cm³/mol. The van der Waals surface area contributed by atoms with Gasteiger partial charge in [0.05, 0.1) is 15.9 Å². The van der Waals surface area contributed by atoms with Gasteiger partial charge in [-0.1, -0.05) is 0 Å². The number of benzene rings is 2. The SMILES string of the molecule is CSc1ccc(-n2nc(-c3nc4ccc(F)cc4s3)cc2C(F)(F)F)cc1. The van der Waals surface area contributed by atoms with Crippen LogP contribution >= 0.6 is 23.1 Å². The Morgan fingerprint density at radius 2 is 1.78 bits per heavy atom. The van der Waals surface area contributed by atoms with E-state index in [0.717, 1.165) is 27.0 Å². The fourth-order valence-corrected chi connectivity index (χ4v) is 3.97. The molecule has 0 fully saturated rings. The van der Waals surface area contributed by atoms with Gasteiger partial charge in [-0.05, 0) is 54.8 Å². The van der Waals surface area contributed by atoms with Gasteiger partial charge in [0, 0.05) is 4.90 Å². The molecular formula is C18H11F4N3S2. The third-order valence-corrected chi connectivity index (χ3v) is 5.67. The molecule has 3 nitrogen and oxygen atoms in total. The van der Waals surface area contributed by atoms with Crippen LogP contribution in [0.5, 0.6) is 0 Å². The zero-order chi connectivity index (χ0) is 19.2. The number of hydrogen-bond acceptors (Lipinski definition) is 4. The van der Waals surface area contributed by atoms with Gasteiger partial charge < -0.3 is 0 Å². The van der Waals surface area contributed by atoms with E-state index < -0.39 is 17.7 Å². The summed E-state index contributed by atoms with van der Waals surface area (Å²) in [4.78, 5) is 5.22. The van der Waals surface area contributed by atoms with Crippen LogP contribution in [-0.2, 0) is 6.18 Å². The van der Waals surface area contributed by atoms with Gasteiger partial charge in [0.25, 0.3) is 0 Å². The van der Waals surface area contributed by atoms with Crippen molar-refractivity contribution >= 4 is 33.3 Å². The Bertz CT molecular complexity index is 1110. The van der Waals surface area contributed by atoms with E-state index in [0.29, 0.717) is 20.9 Å². The Morgan fingerprint density at radius 1 is 1.04 bits per heavy atom. The van der Waals surface area contributed by atoms with Crippen LogP contribution in [0.4, 0.5) is 17.6 Å². The molecule has 2 aromatic heterocycles. The van der Waals surface area contributed by atoms with Crippen LogP contribution in [0.25, 0.3) is 26.6 Å². The molecule has 27 heavy (non-hydrogen) atoms. The number of fused-ring (bicyclic) bond motifs is 1. The van der Waals surface area contributed by atoms with Gasteiger partial charge >= 0.3 is 6.18 Å². The summed E-state index contributed by atoms with van der Waals surface area (Å²) in [6.45, 7) is 0. The first kappa shape index (κ1) is 18.0. The van der Waals surface area contributed by atoms with E-state index in [9.17, 15) is 17.6 Å². The largest absolute Gasteiger partial charge is 0.433 e. The molecule has 0 spiro atoms. The summed E-state index contributed by atoms with van der Waals surface area (Å²) < 4.78 is 55.4. The molecule has 0 radical (unpaired) electrons. The Kier molecular flexibility index (Phi) is 4.43. The highest BCUT2D eigenvalue weighted by Crippen LogP contribution is 2.36. The van der Waals surface area contributed by atoms with Crippen LogP contribution in [-0.4, -0.2) is 21.0 Å². The standard InChI is InChI=1S/C18H11F4N3S2/c1-26-12-5-3-11(4-6-12)25-16(18(20,21)22)9-14(24-25)17-23-13-7-2-10(19)8-15(13)27-17/h2-9H,1H3. The molecule has 2 heterocycles. The van der Waals surface area contributed by atoms with Crippen molar-refractivity contribution in [2.45, 2.75) is 11.1 Å². The molecule has 2 aromatic carbocycles. The second-order valence-corrected chi connectivity index (χ2v) is 7.56. The van der Waals surface area contributed by atoms with Crippen molar-refractivity contribution in [1.82, 2.24) is 14.8 Å². The first-order chi connectivity index (χ1) is 12.8. The van der Waals surface area contributed by atoms with Crippen molar-refractivity contribution in [3.05, 3.63) is 60.0 Å². The molecule has 4 rings (SSSR count). The normalized spacial score (nSPS) is 12.0. The third kappa shape index (κ3) is 3.44. The van der Waals surface area contributed by atoms with Crippen LogP contribution in [0.3, 0.4) is 0 Å². The molecule has 0 bridgehead atoms. The zero-order valence-corrected chi connectivity index (χ0v) is 15.4. The van der Waals surface area contributed by atoms with Crippen LogP contribution in [0.2, 0.25) is 0 Å². The second-order valence-electron chi connectivity index (χ2n) is 5.65. The molecule has 0 saturated carbocycles. The maximum atomic E-state index is 13.5. The summed E-state index contributed by atoms with van der Waals surface area (Å²) in [5.74, 6) is -0.423. The van der Waals surface area contributed by atoms with Gasteiger partial charge in [-0.25, -0.2) is 14.1 Å². The average molecular weight is 409 g/mol. The highest BCUT2D eigenvalue weighted by atomic mass is 32.2. The summed E-state index contributed by atoms with van der Waals surface area (Å²) in [6.07, 6.45) is -2.69. The smallest absolute Gasteiger partial charge is 0.234 e.